The molecule has 1 aromatic heterocycles. The summed E-state index contributed by atoms with van der Waals surface area (Å²) in [6, 6.07) is 3.22. The monoisotopic (exact) mass is 221 g/mol. The van der Waals surface area contributed by atoms with Gasteiger partial charge >= 0.3 is 0 Å². The predicted octanol–water partition coefficient (Wildman–Crippen LogP) is 0.453. The number of carbonyl (C=O) groups excluding carboxylic acids is 2. The minimum absolute atomic E-state index is 0.0823. The molecule has 3 N–H and O–H groups in total. The zero-order chi connectivity index (χ0) is 12.1. The normalized spacial score (nSPS) is 10.2. The van der Waals surface area contributed by atoms with Crippen molar-refractivity contribution in [2.45, 2.75) is 20.4 Å². The van der Waals surface area contributed by atoms with E-state index in [-0.39, 0.29) is 18.4 Å². The average molecular weight is 221 g/mol. The largest absolute Gasteiger partial charge is 0.366 e. The highest BCUT2D eigenvalue weighted by Crippen LogP contribution is 2.04. The van der Waals surface area contributed by atoms with Gasteiger partial charge in [0.2, 0.25) is 5.91 Å². The molecule has 0 saturated carbocycles. The molecule has 2 amide bonds. The number of aromatic nitrogens is 1. The SMILES string of the molecule is CC(C)C(=O)NCc1ncccc1C(N)=O. The molecular formula is C11H15N3O2. The number of pyridine rings is 1. The molecule has 0 radical (unpaired) electrons. The quantitative estimate of drug-likeness (QED) is 0.774. The van der Waals surface area contributed by atoms with Gasteiger partial charge in [-0.2, -0.15) is 0 Å². The molecule has 1 heterocycles. The molecule has 16 heavy (non-hydrogen) atoms. The van der Waals surface area contributed by atoms with Crippen LogP contribution in [0.2, 0.25) is 0 Å². The summed E-state index contributed by atoms with van der Waals surface area (Å²) in [5.74, 6) is -0.719. The molecule has 86 valence electrons. The third-order valence-electron chi connectivity index (χ3n) is 2.11. The highest BCUT2D eigenvalue weighted by Gasteiger charge is 2.11. The fourth-order valence-corrected chi connectivity index (χ4v) is 1.18. The lowest BCUT2D eigenvalue weighted by atomic mass is 10.1. The van der Waals surface area contributed by atoms with Gasteiger partial charge in [-0.1, -0.05) is 13.8 Å². The number of carbonyl (C=O) groups is 2. The van der Waals surface area contributed by atoms with E-state index in [1.54, 1.807) is 32.2 Å². The number of hydrogen-bond acceptors (Lipinski definition) is 3. The molecule has 0 bridgehead atoms. The van der Waals surface area contributed by atoms with Crippen LogP contribution in [0.3, 0.4) is 0 Å². The molecule has 1 rings (SSSR count). The molecule has 0 atom stereocenters. The van der Waals surface area contributed by atoms with Gasteiger partial charge in [-0.25, -0.2) is 0 Å². The maximum absolute atomic E-state index is 11.3. The molecule has 0 aliphatic carbocycles. The van der Waals surface area contributed by atoms with E-state index in [1.165, 1.54) is 0 Å². The Morgan fingerprint density at radius 2 is 2.19 bits per heavy atom. The Bertz CT molecular complexity index is 402. The zero-order valence-corrected chi connectivity index (χ0v) is 9.36. The van der Waals surface area contributed by atoms with Gasteiger partial charge in [0.05, 0.1) is 17.8 Å². The molecule has 5 heteroatoms. The van der Waals surface area contributed by atoms with Gasteiger partial charge in [0.15, 0.2) is 0 Å². The summed E-state index contributed by atoms with van der Waals surface area (Å²) in [6.07, 6.45) is 1.56. The summed E-state index contributed by atoms with van der Waals surface area (Å²) in [7, 11) is 0. The first-order valence-corrected chi connectivity index (χ1v) is 5.03. The predicted molar refractivity (Wildman–Crippen MR) is 59.4 cm³/mol. The molecule has 0 fully saturated rings. The van der Waals surface area contributed by atoms with Gasteiger partial charge in [0.25, 0.3) is 5.91 Å². The molecule has 5 nitrogen and oxygen atoms in total. The van der Waals surface area contributed by atoms with Gasteiger partial charge < -0.3 is 11.1 Å². The van der Waals surface area contributed by atoms with Crippen LogP contribution in [0.4, 0.5) is 0 Å². The Labute approximate surface area is 94.1 Å². The van der Waals surface area contributed by atoms with E-state index in [2.05, 4.69) is 10.3 Å². The first kappa shape index (κ1) is 12.2. The Morgan fingerprint density at radius 3 is 2.75 bits per heavy atom. The molecule has 0 aliphatic heterocycles. The molecule has 0 unspecified atom stereocenters. The summed E-state index contributed by atoms with van der Waals surface area (Å²) in [6.45, 7) is 3.81. The Hall–Kier alpha value is -1.91. The van der Waals surface area contributed by atoms with E-state index in [9.17, 15) is 9.59 Å². The number of nitrogens with zero attached hydrogens (tertiary/aromatic N) is 1. The van der Waals surface area contributed by atoms with Crippen LogP contribution in [0.5, 0.6) is 0 Å². The summed E-state index contributed by atoms with van der Waals surface area (Å²) in [5.41, 5.74) is 6.02. The summed E-state index contributed by atoms with van der Waals surface area (Å²) < 4.78 is 0. The van der Waals surface area contributed by atoms with Crippen LogP contribution in [-0.4, -0.2) is 16.8 Å². The molecular weight excluding hydrogens is 206 g/mol. The van der Waals surface area contributed by atoms with E-state index >= 15 is 0 Å². The van der Waals surface area contributed by atoms with Gasteiger partial charge in [-0.3, -0.25) is 14.6 Å². The third kappa shape index (κ3) is 3.05. The Kier molecular flexibility index (Phi) is 3.99. The number of hydrogen-bond donors (Lipinski definition) is 2. The lowest BCUT2D eigenvalue weighted by molar-refractivity contribution is -0.124. The maximum atomic E-state index is 11.3. The highest BCUT2D eigenvalue weighted by molar-refractivity contribution is 5.93. The van der Waals surface area contributed by atoms with E-state index in [1.807, 2.05) is 0 Å². The van der Waals surface area contributed by atoms with Crippen LogP contribution in [0.1, 0.15) is 29.9 Å². The van der Waals surface area contributed by atoms with Crippen molar-refractivity contribution in [3.8, 4) is 0 Å². The Balaban J connectivity index is 2.74. The molecule has 0 aromatic carbocycles. The number of primary amides is 1. The van der Waals surface area contributed by atoms with Crippen LogP contribution >= 0.6 is 0 Å². The van der Waals surface area contributed by atoms with Crippen molar-refractivity contribution in [1.82, 2.24) is 10.3 Å². The van der Waals surface area contributed by atoms with Crippen molar-refractivity contribution in [3.05, 3.63) is 29.6 Å². The van der Waals surface area contributed by atoms with Gasteiger partial charge in [0, 0.05) is 12.1 Å². The fourth-order valence-electron chi connectivity index (χ4n) is 1.18. The van der Waals surface area contributed by atoms with Crippen molar-refractivity contribution < 1.29 is 9.59 Å². The first-order chi connectivity index (χ1) is 7.52. The van der Waals surface area contributed by atoms with Crippen molar-refractivity contribution in [1.29, 1.82) is 0 Å². The van der Waals surface area contributed by atoms with Crippen molar-refractivity contribution in [2.75, 3.05) is 0 Å². The van der Waals surface area contributed by atoms with Gasteiger partial charge in [0.1, 0.15) is 0 Å². The van der Waals surface area contributed by atoms with Crippen LogP contribution in [0.25, 0.3) is 0 Å². The molecule has 1 aromatic rings. The van der Waals surface area contributed by atoms with Crippen LogP contribution in [0, 0.1) is 5.92 Å². The summed E-state index contributed by atoms with van der Waals surface area (Å²) >= 11 is 0. The molecule has 0 aliphatic rings. The minimum Gasteiger partial charge on any atom is -0.366 e. The third-order valence-corrected chi connectivity index (χ3v) is 2.11. The topological polar surface area (TPSA) is 85.1 Å². The average Bonchev–Trinajstić information content (AvgIpc) is 2.25. The zero-order valence-electron chi connectivity index (χ0n) is 9.36. The van der Waals surface area contributed by atoms with Crippen LogP contribution in [-0.2, 0) is 11.3 Å². The molecule has 0 spiro atoms. The van der Waals surface area contributed by atoms with Crippen LogP contribution < -0.4 is 11.1 Å². The smallest absolute Gasteiger partial charge is 0.250 e. The second-order valence-electron chi connectivity index (χ2n) is 3.73. The molecule has 0 saturated heterocycles. The van der Waals surface area contributed by atoms with Gasteiger partial charge in [-0.15, -0.1) is 0 Å². The van der Waals surface area contributed by atoms with E-state index in [0.717, 1.165) is 0 Å². The lowest BCUT2D eigenvalue weighted by Crippen LogP contribution is -2.29. The second-order valence-corrected chi connectivity index (χ2v) is 3.73. The summed E-state index contributed by atoms with van der Waals surface area (Å²) in [5, 5.41) is 2.68. The van der Waals surface area contributed by atoms with Crippen LogP contribution in [0.15, 0.2) is 18.3 Å². The number of amides is 2. The minimum atomic E-state index is -0.540. The summed E-state index contributed by atoms with van der Waals surface area (Å²) in [4.78, 5) is 26.4. The van der Waals surface area contributed by atoms with Crippen molar-refractivity contribution in [2.24, 2.45) is 11.7 Å². The highest BCUT2D eigenvalue weighted by atomic mass is 16.2. The van der Waals surface area contributed by atoms with E-state index < -0.39 is 5.91 Å². The first-order valence-electron chi connectivity index (χ1n) is 5.03. The van der Waals surface area contributed by atoms with E-state index in [4.69, 9.17) is 5.73 Å². The van der Waals surface area contributed by atoms with E-state index in [0.29, 0.717) is 11.3 Å². The van der Waals surface area contributed by atoms with Crippen molar-refractivity contribution >= 4 is 11.8 Å². The number of nitrogens with two attached hydrogens (primary N) is 1. The number of nitrogens with one attached hydrogen (secondary N) is 1. The lowest BCUT2D eigenvalue weighted by Gasteiger charge is -2.09. The number of rotatable bonds is 4. The standard InChI is InChI=1S/C11H15N3O2/c1-7(2)11(16)14-6-9-8(10(12)15)4-3-5-13-9/h3-5,7H,6H2,1-2H3,(H2,12,15)(H,14,16). The van der Waals surface area contributed by atoms with Gasteiger partial charge in [-0.05, 0) is 12.1 Å². The fraction of sp³-hybridized carbons (Fsp3) is 0.364. The second kappa shape index (κ2) is 5.25. The maximum Gasteiger partial charge on any atom is 0.250 e. The Morgan fingerprint density at radius 1 is 1.50 bits per heavy atom. The van der Waals surface area contributed by atoms with Crippen molar-refractivity contribution in [3.63, 3.8) is 0 Å².